The lowest BCUT2D eigenvalue weighted by atomic mass is 9.82. The second-order valence-corrected chi connectivity index (χ2v) is 4.75. The minimum atomic E-state index is -3.54. The first kappa shape index (κ1) is 10.6. The summed E-state index contributed by atoms with van der Waals surface area (Å²) in [6.07, 6.45) is -1.30. The Morgan fingerprint density at radius 2 is 1.94 bits per heavy atom. The molecule has 1 aromatic carbocycles. The van der Waals surface area contributed by atoms with Gasteiger partial charge in [0.05, 0.1) is 0 Å². The lowest BCUT2D eigenvalue weighted by Crippen LogP contribution is -2.33. The first-order valence-corrected chi connectivity index (χ1v) is 5.68. The van der Waals surface area contributed by atoms with Crippen LogP contribution in [0.2, 0.25) is 0 Å². The highest BCUT2D eigenvalue weighted by atomic mass is 19.3. The number of halogens is 2. The van der Waals surface area contributed by atoms with Crippen LogP contribution in [0.4, 0.5) is 14.5 Å². The minimum Gasteiger partial charge on any atom is -0.395 e. The zero-order chi connectivity index (χ0) is 12.0. The van der Waals surface area contributed by atoms with E-state index in [0.29, 0.717) is 6.04 Å². The number of ether oxygens (including phenoxy) is 2. The van der Waals surface area contributed by atoms with Gasteiger partial charge in [0.2, 0.25) is 0 Å². The summed E-state index contributed by atoms with van der Waals surface area (Å²) in [5, 5.41) is 3.29. The van der Waals surface area contributed by atoms with Crippen LogP contribution in [0.5, 0.6) is 11.5 Å². The maximum Gasteiger partial charge on any atom is 0.586 e. The van der Waals surface area contributed by atoms with Gasteiger partial charge >= 0.3 is 6.29 Å². The molecule has 1 aliphatic carbocycles. The van der Waals surface area contributed by atoms with Crippen molar-refractivity contribution in [1.82, 2.24) is 0 Å². The largest absolute Gasteiger partial charge is 0.586 e. The second-order valence-electron chi connectivity index (χ2n) is 4.75. The Balaban J connectivity index is 1.72. The fourth-order valence-corrected chi connectivity index (χ4v) is 2.29. The second kappa shape index (κ2) is 3.48. The highest BCUT2D eigenvalue weighted by Gasteiger charge is 2.43. The molecule has 0 unspecified atom stereocenters. The van der Waals surface area contributed by atoms with Crippen molar-refractivity contribution >= 4 is 5.69 Å². The van der Waals surface area contributed by atoms with Gasteiger partial charge in [0.1, 0.15) is 0 Å². The van der Waals surface area contributed by atoms with Crippen molar-refractivity contribution in [2.24, 2.45) is 5.92 Å². The van der Waals surface area contributed by atoms with Crippen LogP contribution in [0, 0.1) is 5.92 Å². The molecule has 17 heavy (non-hydrogen) atoms. The molecular weight excluding hydrogens is 228 g/mol. The number of hydrogen-bond acceptors (Lipinski definition) is 3. The normalized spacial score (nSPS) is 28.6. The quantitative estimate of drug-likeness (QED) is 0.862. The van der Waals surface area contributed by atoms with Gasteiger partial charge in [-0.3, -0.25) is 0 Å². The third-order valence-electron chi connectivity index (χ3n) is 3.15. The van der Waals surface area contributed by atoms with Gasteiger partial charge in [-0.25, -0.2) is 0 Å². The van der Waals surface area contributed by atoms with Crippen LogP contribution in [0.1, 0.15) is 19.8 Å². The average molecular weight is 241 g/mol. The molecule has 1 N–H and O–H groups in total. The number of anilines is 1. The van der Waals surface area contributed by atoms with Crippen LogP contribution < -0.4 is 14.8 Å². The molecule has 5 heteroatoms. The maximum atomic E-state index is 12.8. The third kappa shape index (κ3) is 2.01. The molecule has 1 aromatic rings. The molecule has 3 rings (SSSR count). The molecule has 0 radical (unpaired) electrons. The first-order valence-electron chi connectivity index (χ1n) is 5.68. The topological polar surface area (TPSA) is 30.5 Å². The van der Waals surface area contributed by atoms with E-state index in [-0.39, 0.29) is 11.5 Å². The van der Waals surface area contributed by atoms with Crippen molar-refractivity contribution in [3.05, 3.63) is 18.2 Å². The molecule has 0 amide bonds. The van der Waals surface area contributed by atoms with E-state index >= 15 is 0 Å². The summed E-state index contributed by atoms with van der Waals surface area (Å²) in [7, 11) is 0. The smallest absolute Gasteiger partial charge is 0.395 e. The fraction of sp³-hybridized carbons (Fsp3) is 0.500. The molecular formula is C12H13F2NO2. The monoisotopic (exact) mass is 241 g/mol. The summed E-state index contributed by atoms with van der Waals surface area (Å²) in [6.45, 7) is 2.19. The van der Waals surface area contributed by atoms with E-state index in [9.17, 15) is 8.78 Å². The number of nitrogens with one attached hydrogen (secondary N) is 1. The van der Waals surface area contributed by atoms with Crippen LogP contribution in [-0.2, 0) is 0 Å². The van der Waals surface area contributed by atoms with Gasteiger partial charge in [-0.2, -0.15) is 0 Å². The molecule has 0 saturated heterocycles. The van der Waals surface area contributed by atoms with E-state index < -0.39 is 6.29 Å². The van der Waals surface area contributed by atoms with E-state index in [1.807, 2.05) is 0 Å². The molecule has 1 heterocycles. The summed E-state index contributed by atoms with van der Waals surface area (Å²) < 4.78 is 34.3. The van der Waals surface area contributed by atoms with Crippen molar-refractivity contribution in [2.45, 2.75) is 32.1 Å². The average Bonchev–Trinajstić information content (AvgIpc) is 2.48. The summed E-state index contributed by atoms with van der Waals surface area (Å²) in [5.74, 6) is 0.917. The third-order valence-corrected chi connectivity index (χ3v) is 3.15. The van der Waals surface area contributed by atoms with Crippen LogP contribution in [0.3, 0.4) is 0 Å². The predicted molar refractivity (Wildman–Crippen MR) is 58.5 cm³/mol. The van der Waals surface area contributed by atoms with E-state index in [1.165, 1.54) is 6.07 Å². The van der Waals surface area contributed by atoms with Crippen LogP contribution in [-0.4, -0.2) is 12.3 Å². The Morgan fingerprint density at radius 3 is 2.65 bits per heavy atom. The minimum absolute atomic E-state index is 0.0857. The highest BCUT2D eigenvalue weighted by molar-refractivity contribution is 5.56. The standard InChI is InChI=1S/C12H13F2NO2/c1-7-4-9(5-7)15-8-2-3-10-11(6-8)17-12(13,14)16-10/h2-3,6-7,9,15H,4-5H2,1H3. The summed E-state index contributed by atoms with van der Waals surface area (Å²) in [4.78, 5) is 0. The lowest BCUT2D eigenvalue weighted by Gasteiger charge is -2.34. The summed E-state index contributed by atoms with van der Waals surface area (Å²) >= 11 is 0. The molecule has 0 bridgehead atoms. The number of benzene rings is 1. The van der Waals surface area contributed by atoms with Gasteiger partial charge < -0.3 is 14.8 Å². The van der Waals surface area contributed by atoms with Gasteiger partial charge in [-0.1, -0.05) is 6.92 Å². The lowest BCUT2D eigenvalue weighted by molar-refractivity contribution is -0.286. The van der Waals surface area contributed by atoms with Crippen molar-refractivity contribution < 1.29 is 18.3 Å². The zero-order valence-corrected chi connectivity index (χ0v) is 9.37. The molecule has 0 aromatic heterocycles. The van der Waals surface area contributed by atoms with Crippen LogP contribution in [0.25, 0.3) is 0 Å². The van der Waals surface area contributed by atoms with E-state index in [4.69, 9.17) is 0 Å². The zero-order valence-electron chi connectivity index (χ0n) is 9.37. The van der Waals surface area contributed by atoms with Crippen molar-refractivity contribution in [2.75, 3.05) is 5.32 Å². The Bertz CT molecular complexity index is 444. The Labute approximate surface area is 97.7 Å². The summed E-state index contributed by atoms with van der Waals surface area (Å²) in [6, 6.07) is 5.22. The van der Waals surface area contributed by atoms with Crippen LogP contribution in [0.15, 0.2) is 18.2 Å². The maximum absolute atomic E-state index is 12.8. The van der Waals surface area contributed by atoms with Gasteiger partial charge in [-0.05, 0) is 30.9 Å². The molecule has 0 spiro atoms. The number of alkyl halides is 2. The SMILES string of the molecule is CC1CC(Nc2ccc3c(c2)OC(F)(F)O3)C1. The van der Waals surface area contributed by atoms with E-state index in [0.717, 1.165) is 24.4 Å². The fourth-order valence-electron chi connectivity index (χ4n) is 2.29. The molecule has 1 fully saturated rings. The number of rotatable bonds is 2. The summed E-state index contributed by atoms with van der Waals surface area (Å²) in [5.41, 5.74) is 0.793. The Kier molecular flexibility index (Phi) is 2.18. The molecule has 92 valence electrons. The molecule has 2 aliphatic rings. The van der Waals surface area contributed by atoms with Gasteiger partial charge in [0, 0.05) is 17.8 Å². The molecule has 1 saturated carbocycles. The molecule has 0 atom stereocenters. The van der Waals surface area contributed by atoms with Crippen molar-refractivity contribution in [3.63, 3.8) is 0 Å². The first-order chi connectivity index (χ1) is 8.02. The number of fused-ring (bicyclic) bond motifs is 1. The number of hydrogen-bond donors (Lipinski definition) is 1. The Morgan fingerprint density at radius 1 is 1.24 bits per heavy atom. The van der Waals surface area contributed by atoms with Crippen LogP contribution >= 0.6 is 0 Å². The molecule has 3 nitrogen and oxygen atoms in total. The highest BCUT2D eigenvalue weighted by Crippen LogP contribution is 2.42. The Hall–Kier alpha value is -1.52. The van der Waals surface area contributed by atoms with E-state index in [2.05, 4.69) is 21.7 Å². The molecule has 1 aliphatic heterocycles. The van der Waals surface area contributed by atoms with Gasteiger partial charge in [0.25, 0.3) is 0 Å². The predicted octanol–water partition coefficient (Wildman–Crippen LogP) is 3.22. The van der Waals surface area contributed by atoms with Gasteiger partial charge in [-0.15, -0.1) is 8.78 Å². The van der Waals surface area contributed by atoms with Crippen molar-refractivity contribution in [1.29, 1.82) is 0 Å². The van der Waals surface area contributed by atoms with Gasteiger partial charge in [0.15, 0.2) is 11.5 Å². The van der Waals surface area contributed by atoms with E-state index in [1.54, 1.807) is 12.1 Å². The van der Waals surface area contributed by atoms with Crippen molar-refractivity contribution in [3.8, 4) is 11.5 Å².